The summed E-state index contributed by atoms with van der Waals surface area (Å²) >= 11 is 5.90. The molecule has 0 aliphatic heterocycles. The van der Waals surface area contributed by atoms with Crippen LogP contribution in [-0.4, -0.2) is 29.4 Å². The molecule has 0 aliphatic carbocycles. The van der Waals surface area contributed by atoms with Gasteiger partial charge in [0.1, 0.15) is 17.4 Å². The summed E-state index contributed by atoms with van der Waals surface area (Å²) in [5, 5.41) is 11.3. The van der Waals surface area contributed by atoms with E-state index in [0.29, 0.717) is 12.1 Å². The van der Waals surface area contributed by atoms with E-state index in [4.69, 9.17) is 21.4 Å². The fourth-order valence-electron chi connectivity index (χ4n) is 3.16. The maximum atomic E-state index is 13.9. The van der Waals surface area contributed by atoms with Crippen LogP contribution in [0.1, 0.15) is 37.4 Å². The van der Waals surface area contributed by atoms with E-state index in [2.05, 4.69) is 5.32 Å². The van der Waals surface area contributed by atoms with Gasteiger partial charge in [-0.05, 0) is 61.0 Å². The first-order valence-electron chi connectivity index (χ1n) is 9.94. The van der Waals surface area contributed by atoms with Gasteiger partial charge in [0.15, 0.2) is 12.4 Å². The van der Waals surface area contributed by atoms with E-state index in [1.165, 1.54) is 19.1 Å². The Labute approximate surface area is 205 Å². The maximum Gasteiger partial charge on any atom is 0.416 e. The molecular formula is C24H15ClF5NO5. The topological polar surface area (TPSA) is 92.7 Å². The van der Waals surface area contributed by atoms with E-state index < -0.39 is 58.8 Å². The van der Waals surface area contributed by atoms with Gasteiger partial charge in [-0.3, -0.25) is 9.59 Å². The minimum Gasteiger partial charge on any atom is -0.483 e. The van der Waals surface area contributed by atoms with Gasteiger partial charge < -0.3 is 15.2 Å². The van der Waals surface area contributed by atoms with Gasteiger partial charge in [-0.25, -0.2) is 13.6 Å². The Morgan fingerprint density at radius 1 is 1.00 bits per heavy atom. The molecule has 0 saturated carbocycles. The zero-order valence-corrected chi connectivity index (χ0v) is 18.9. The van der Waals surface area contributed by atoms with Crippen molar-refractivity contribution < 1.29 is 46.2 Å². The number of alkyl halides is 3. The molecule has 3 rings (SSSR count). The molecule has 0 fully saturated rings. The summed E-state index contributed by atoms with van der Waals surface area (Å²) in [6.07, 6.45) is -4.90. The Balaban J connectivity index is 1.82. The van der Waals surface area contributed by atoms with Gasteiger partial charge in [0.25, 0.3) is 5.91 Å². The Bertz CT molecular complexity index is 1370. The van der Waals surface area contributed by atoms with Gasteiger partial charge in [0, 0.05) is 16.3 Å². The molecule has 2 N–H and O–H groups in total. The Hall–Kier alpha value is -3.99. The van der Waals surface area contributed by atoms with Gasteiger partial charge in [0.05, 0.1) is 16.7 Å². The molecule has 36 heavy (non-hydrogen) atoms. The van der Waals surface area contributed by atoms with E-state index >= 15 is 0 Å². The molecule has 0 spiro atoms. The smallest absolute Gasteiger partial charge is 0.416 e. The number of ketones is 1. The number of anilines is 1. The van der Waals surface area contributed by atoms with Crippen molar-refractivity contribution in [2.24, 2.45) is 0 Å². The van der Waals surface area contributed by atoms with Crippen LogP contribution in [-0.2, 0) is 11.0 Å². The second-order valence-electron chi connectivity index (χ2n) is 7.48. The lowest BCUT2D eigenvalue weighted by Gasteiger charge is -2.14. The molecular weight excluding hydrogens is 513 g/mol. The third kappa shape index (κ3) is 6.16. The third-order valence-corrected chi connectivity index (χ3v) is 5.09. The summed E-state index contributed by atoms with van der Waals surface area (Å²) in [6, 6.07) is 6.74. The van der Waals surface area contributed by atoms with Crippen LogP contribution in [0.2, 0.25) is 5.02 Å². The lowest BCUT2D eigenvalue weighted by Crippen LogP contribution is -2.22. The average Bonchev–Trinajstić information content (AvgIpc) is 2.78. The molecule has 1 amide bonds. The fourth-order valence-corrected chi connectivity index (χ4v) is 3.33. The number of aromatic carboxylic acids is 1. The van der Waals surface area contributed by atoms with Crippen molar-refractivity contribution in [2.75, 3.05) is 11.9 Å². The minimum atomic E-state index is -4.90. The summed E-state index contributed by atoms with van der Waals surface area (Å²) in [6.45, 7) is 0.715. The summed E-state index contributed by atoms with van der Waals surface area (Å²) in [7, 11) is 0. The number of carboxylic acid groups (broad SMARTS) is 1. The number of carboxylic acids is 1. The SMILES string of the molecule is Cc1cc(C(=O)O)c(F)cc1NC(=O)COc1ccc(Cl)cc1C(=O)c1cc(F)cc(C(F)(F)F)c1. The van der Waals surface area contributed by atoms with Crippen LogP contribution in [0, 0.1) is 18.6 Å². The molecule has 3 aromatic carbocycles. The zero-order valence-electron chi connectivity index (χ0n) is 18.2. The number of benzene rings is 3. The van der Waals surface area contributed by atoms with Crippen molar-refractivity contribution in [3.05, 3.63) is 93.0 Å². The van der Waals surface area contributed by atoms with Crippen molar-refractivity contribution in [1.29, 1.82) is 0 Å². The number of hydrogen-bond donors (Lipinski definition) is 2. The van der Waals surface area contributed by atoms with Gasteiger partial charge in [-0.2, -0.15) is 13.2 Å². The van der Waals surface area contributed by atoms with E-state index in [1.807, 2.05) is 0 Å². The molecule has 0 saturated heterocycles. The van der Waals surface area contributed by atoms with E-state index in [1.54, 1.807) is 0 Å². The molecule has 0 bridgehead atoms. The Kier molecular flexibility index (Phi) is 7.63. The molecule has 12 heteroatoms. The first-order valence-corrected chi connectivity index (χ1v) is 10.3. The molecule has 188 valence electrons. The van der Waals surface area contributed by atoms with Gasteiger partial charge in [-0.1, -0.05) is 11.6 Å². The highest BCUT2D eigenvalue weighted by Crippen LogP contribution is 2.32. The first-order chi connectivity index (χ1) is 16.8. The van der Waals surface area contributed by atoms with Crippen LogP contribution >= 0.6 is 11.6 Å². The van der Waals surface area contributed by atoms with Crippen LogP contribution < -0.4 is 10.1 Å². The first kappa shape index (κ1) is 26.6. The van der Waals surface area contributed by atoms with E-state index in [-0.39, 0.29) is 33.7 Å². The van der Waals surface area contributed by atoms with Gasteiger partial charge >= 0.3 is 12.1 Å². The Morgan fingerprint density at radius 2 is 1.69 bits per heavy atom. The van der Waals surface area contributed by atoms with Crippen LogP contribution in [0.25, 0.3) is 0 Å². The van der Waals surface area contributed by atoms with Gasteiger partial charge in [0.2, 0.25) is 0 Å². The second kappa shape index (κ2) is 10.3. The van der Waals surface area contributed by atoms with E-state index in [0.717, 1.165) is 18.2 Å². The Morgan fingerprint density at radius 3 is 2.33 bits per heavy atom. The normalized spacial score (nSPS) is 11.2. The molecule has 0 radical (unpaired) electrons. The summed E-state index contributed by atoms with van der Waals surface area (Å²) in [5.41, 5.74) is -2.69. The van der Waals surface area contributed by atoms with Gasteiger partial charge in [-0.15, -0.1) is 0 Å². The van der Waals surface area contributed by atoms with E-state index in [9.17, 15) is 36.3 Å². The quantitative estimate of drug-likeness (QED) is 0.295. The minimum absolute atomic E-state index is 0.0206. The molecule has 0 aliphatic rings. The van der Waals surface area contributed by atoms with Crippen LogP contribution in [0.15, 0.2) is 48.5 Å². The van der Waals surface area contributed by atoms with Crippen molar-refractivity contribution in [3.8, 4) is 5.75 Å². The number of aryl methyl sites for hydroxylation is 1. The lowest BCUT2D eigenvalue weighted by molar-refractivity contribution is -0.137. The predicted octanol–water partition coefficient (Wildman–Crippen LogP) is 5.89. The maximum absolute atomic E-state index is 13.9. The number of carbonyl (C=O) groups is 3. The highest BCUT2D eigenvalue weighted by Gasteiger charge is 2.32. The standard InChI is InChI=1S/C24H15ClF5NO5/c1-11-4-16(23(34)35)18(27)9-19(11)31-21(32)10-36-20-3-2-14(25)8-17(20)22(33)12-5-13(24(28,29)30)7-15(26)6-12/h2-9H,10H2,1H3,(H,31,32)(H,34,35). The summed E-state index contributed by atoms with van der Waals surface area (Å²) in [5.74, 6) is -5.95. The number of rotatable bonds is 7. The number of ether oxygens (including phenoxy) is 1. The lowest BCUT2D eigenvalue weighted by atomic mass is 10.00. The van der Waals surface area contributed by atoms with Crippen LogP contribution in [0.4, 0.5) is 27.6 Å². The largest absolute Gasteiger partial charge is 0.483 e. The second-order valence-corrected chi connectivity index (χ2v) is 7.92. The van der Waals surface area contributed by atoms with Crippen molar-refractivity contribution in [2.45, 2.75) is 13.1 Å². The van der Waals surface area contributed by atoms with Crippen molar-refractivity contribution >= 4 is 34.9 Å². The highest BCUT2D eigenvalue weighted by atomic mass is 35.5. The number of amides is 1. The predicted molar refractivity (Wildman–Crippen MR) is 119 cm³/mol. The molecule has 0 atom stereocenters. The third-order valence-electron chi connectivity index (χ3n) is 4.85. The molecule has 0 unspecified atom stereocenters. The molecule has 0 aromatic heterocycles. The summed E-state index contributed by atoms with van der Waals surface area (Å²) in [4.78, 5) is 36.2. The van der Waals surface area contributed by atoms with Crippen molar-refractivity contribution in [1.82, 2.24) is 0 Å². The number of halogens is 6. The fraction of sp³-hybridized carbons (Fsp3) is 0.125. The van der Waals surface area contributed by atoms with Crippen LogP contribution in [0.5, 0.6) is 5.75 Å². The number of carbonyl (C=O) groups excluding carboxylic acids is 2. The van der Waals surface area contributed by atoms with Crippen molar-refractivity contribution in [3.63, 3.8) is 0 Å². The van der Waals surface area contributed by atoms with Crippen LogP contribution in [0.3, 0.4) is 0 Å². The molecule has 6 nitrogen and oxygen atoms in total. The summed E-state index contributed by atoms with van der Waals surface area (Å²) < 4.78 is 72.2. The highest BCUT2D eigenvalue weighted by molar-refractivity contribution is 6.31. The number of hydrogen-bond acceptors (Lipinski definition) is 4. The number of nitrogens with one attached hydrogen (secondary N) is 1. The molecule has 3 aromatic rings. The monoisotopic (exact) mass is 527 g/mol. The average molecular weight is 528 g/mol. The zero-order chi connectivity index (χ0) is 26.8. The molecule has 0 heterocycles.